The zero-order chi connectivity index (χ0) is 15.8. The number of carbonyl (C=O) groups is 1. The highest BCUT2D eigenvalue weighted by Crippen LogP contribution is 2.43. The maximum atomic E-state index is 11.9. The first kappa shape index (κ1) is 15.1. The fraction of sp³-hybridized carbons (Fsp3) is 0.500. The number of benzene rings is 1. The van der Waals surface area contributed by atoms with Crippen molar-refractivity contribution in [3.63, 3.8) is 0 Å². The van der Waals surface area contributed by atoms with Gasteiger partial charge in [-0.3, -0.25) is 25.0 Å². The van der Waals surface area contributed by atoms with Crippen LogP contribution in [0.15, 0.2) is 24.3 Å². The average molecular weight is 292 g/mol. The third-order valence-corrected chi connectivity index (χ3v) is 4.04. The van der Waals surface area contributed by atoms with Crippen molar-refractivity contribution >= 4 is 11.5 Å². The minimum atomic E-state index is -0.878. The van der Waals surface area contributed by atoms with Crippen molar-refractivity contribution in [2.45, 2.75) is 38.6 Å². The van der Waals surface area contributed by atoms with Crippen molar-refractivity contribution in [2.24, 2.45) is 5.41 Å². The van der Waals surface area contributed by atoms with Gasteiger partial charge in [-0.05, 0) is 5.56 Å². The molecule has 1 saturated carbocycles. The summed E-state index contributed by atoms with van der Waals surface area (Å²) in [6, 6.07) is 4.77. The third kappa shape index (κ3) is 2.91. The van der Waals surface area contributed by atoms with Crippen LogP contribution in [-0.2, 0) is 4.79 Å². The number of non-ortho nitro benzene ring substituents is 1. The lowest BCUT2D eigenvalue weighted by atomic mass is 9.66. The SMILES string of the molecule is CC1(C)CC(=O)C[C@H](c2ccc([N+](=O)[O-])cc2)[C@@H]1[N+](=O)[O-]. The van der Waals surface area contributed by atoms with Gasteiger partial charge in [0.25, 0.3) is 5.69 Å². The second-order valence-corrected chi connectivity index (χ2v) is 6.09. The van der Waals surface area contributed by atoms with Gasteiger partial charge in [0.15, 0.2) is 0 Å². The summed E-state index contributed by atoms with van der Waals surface area (Å²) in [5.41, 5.74) is -0.202. The van der Waals surface area contributed by atoms with Crippen LogP contribution in [0.3, 0.4) is 0 Å². The highest BCUT2D eigenvalue weighted by atomic mass is 16.6. The summed E-state index contributed by atoms with van der Waals surface area (Å²) >= 11 is 0. The molecule has 0 amide bonds. The maximum absolute atomic E-state index is 11.9. The van der Waals surface area contributed by atoms with Crippen LogP contribution in [0.1, 0.15) is 38.2 Å². The fourth-order valence-electron chi connectivity index (χ4n) is 3.16. The standard InChI is InChI=1S/C14H16N2O5/c1-14(2)8-11(17)7-12(13(14)16(20)21)9-3-5-10(6-4-9)15(18)19/h3-6,12-13H,7-8H2,1-2H3/t12-,13+/m1/s1. The van der Waals surface area contributed by atoms with E-state index in [0.29, 0.717) is 5.56 Å². The van der Waals surface area contributed by atoms with E-state index in [-0.39, 0.29) is 29.2 Å². The lowest BCUT2D eigenvalue weighted by molar-refractivity contribution is -0.546. The molecule has 1 aromatic rings. The molecule has 0 unspecified atom stereocenters. The Balaban J connectivity index is 2.40. The molecule has 1 aliphatic rings. The van der Waals surface area contributed by atoms with Crippen LogP contribution in [-0.4, -0.2) is 21.7 Å². The Morgan fingerprint density at radius 1 is 1.14 bits per heavy atom. The summed E-state index contributed by atoms with van der Waals surface area (Å²) in [6.45, 7) is 3.44. The van der Waals surface area contributed by atoms with E-state index in [0.717, 1.165) is 0 Å². The quantitative estimate of drug-likeness (QED) is 0.629. The molecule has 0 aromatic heterocycles. The van der Waals surface area contributed by atoms with Crippen LogP contribution in [0.5, 0.6) is 0 Å². The molecule has 0 spiro atoms. The summed E-state index contributed by atoms with van der Waals surface area (Å²) in [6.07, 6.45) is 0.287. The van der Waals surface area contributed by atoms with Crippen LogP contribution in [0.25, 0.3) is 0 Å². The van der Waals surface area contributed by atoms with Crippen molar-refractivity contribution in [2.75, 3.05) is 0 Å². The molecule has 1 aliphatic carbocycles. The van der Waals surface area contributed by atoms with Gasteiger partial charge in [0.1, 0.15) is 5.78 Å². The van der Waals surface area contributed by atoms with Gasteiger partial charge in [-0.25, -0.2) is 0 Å². The lowest BCUT2D eigenvalue weighted by Gasteiger charge is -2.37. The Kier molecular flexibility index (Phi) is 3.76. The molecule has 112 valence electrons. The van der Waals surface area contributed by atoms with Gasteiger partial charge >= 0.3 is 0 Å². The van der Waals surface area contributed by atoms with Crippen LogP contribution in [0.4, 0.5) is 5.69 Å². The van der Waals surface area contributed by atoms with Crippen LogP contribution in [0.2, 0.25) is 0 Å². The predicted molar refractivity (Wildman–Crippen MR) is 74.6 cm³/mol. The highest BCUT2D eigenvalue weighted by Gasteiger charge is 2.50. The number of rotatable bonds is 3. The number of Topliss-reactive ketones (excluding diaryl/α,β-unsaturated/α-hetero) is 1. The van der Waals surface area contributed by atoms with Gasteiger partial charge in [0.2, 0.25) is 6.04 Å². The number of carbonyl (C=O) groups excluding carboxylic acids is 1. The van der Waals surface area contributed by atoms with E-state index in [1.165, 1.54) is 24.3 Å². The van der Waals surface area contributed by atoms with E-state index in [9.17, 15) is 25.0 Å². The zero-order valence-corrected chi connectivity index (χ0v) is 11.8. The van der Waals surface area contributed by atoms with Gasteiger partial charge < -0.3 is 0 Å². The maximum Gasteiger partial charge on any atom is 0.269 e. The summed E-state index contributed by atoms with van der Waals surface area (Å²) in [4.78, 5) is 33.1. The van der Waals surface area contributed by atoms with Gasteiger partial charge in [-0.15, -0.1) is 0 Å². The molecule has 21 heavy (non-hydrogen) atoms. The minimum Gasteiger partial charge on any atom is -0.300 e. The molecule has 0 N–H and O–H groups in total. The highest BCUT2D eigenvalue weighted by molar-refractivity contribution is 5.81. The number of hydrogen-bond donors (Lipinski definition) is 0. The molecular formula is C14H16N2O5. The Morgan fingerprint density at radius 2 is 1.71 bits per heavy atom. The minimum absolute atomic E-state index is 0.0125. The molecule has 1 fully saturated rings. The first-order chi connectivity index (χ1) is 9.72. The monoisotopic (exact) mass is 292 g/mol. The lowest BCUT2D eigenvalue weighted by Crippen LogP contribution is -2.47. The molecule has 0 radical (unpaired) electrons. The molecule has 0 aliphatic heterocycles. The van der Waals surface area contributed by atoms with Gasteiger partial charge in [0, 0.05) is 35.3 Å². The zero-order valence-electron chi connectivity index (χ0n) is 11.8. The van der Waals surface area contributed by atoms with Gasteiger partial charge in [0.05, 0.1) is 10.8 Å². The molecule has 0 bridgehead atoms. The Hall–Kier alpha value is -2.31. The van der Waals surface area contributed by atoms with Crippen molar-refractivity contribution in [1.82, 2.24) is 0 Å². The molecule has 2 rings (SSSR count). The fourth-order valence-corrected chi connectivity index (χ4v) is 3.16. The molecule has 1 aromatic carbocycles. The van der Waals surface area contributed by atoms with E-state index >= 15 is 0 Å². The summed E-state index contributed by atoms with van der Waals surface area (Å²) in [5, 5.41) is 22.1. The van der Waals surface area contributed by atoms with Crippen molar-refractivity contribution in [3.8, 4) is 0 Å². The summed E-state index contributed by atoms with van der Waals surface area (Å²) in [7, 11) is 0. The largest absolute Gasteiger partial charge is 0.300 e. The van der Waals surface area contributed by atoms with Crippen LogP contribution in [0, 0.1) is 25.6 Å². The smallest absolute Gasteiger partial charge is 0.269 e. The predicted octanol–water partition coefficient (Wildman–Crippen LogP) is 2.71. The first-order valence-corrected chi connectivity index (χ1v) is 6.62. The molecule has 7 heteroatoms. The first-order valence-electron chi connectivity index (χ1n) is 6.62. The second kappa shape index (κ2) is 5.23. The number of hydrogen-bond acceptors (Lipinski definition) is 5. The summed E-state index contributed by atoms with van der Waals surface area (Å²) in [5.74, 6) is -0.557. The number of ketones is 1. The molecular weight excluding hydrogens is 276 g/mol. The number of nitrogens with zero attached hydrogens (tertiary/aromatic N) is 2. The van der Waals surface area contributed by atoms with Crippen LogP contribution >= 0.6 is 0 Å². The van der Waals surface area contributed by atoms with Crippen LogP contribution < -0.4 is 0 Å². The van der Waals surface area contributed by atoms with E-state index in [1.807, 2.05) is 0 Å². The van der Waals surface area contributed by atoms with Crippen molar-refractivity contribution in [1.29, 1.82) is 0 Å². The number of nitro groups is 2. The van der Waals surface area contributed by atoms with Crippen molar-refractivity contribution in [3.05, 3.63) is 50.1 Å². The Labute approximate surface area is 121 Å². The molecule has 0 saturated heterocycles. The van der Waals surface area contributed by atoms with E-state index in [1.54, 1.807) is 13.8 Å². The molecule has 0 heterocycles. The Bertz CT molecular complexity index is 594. The second-order valence-electron chi connectivity index (χ2n) is 6.09. The van der Waals surface area contributed by atoms with Crippen molar-refractivity contribution < 1.29 is 14.6 Å². The van der Waals surface area contributed by atoms with Gasteiger partial charge in [-0.2, -0.15) is 0 Å². The third-order valence-electron chi connectivity index (χ3n) is 4.04. The van der Waals surface area contributed by atoms with E-state index in [2.05, 4.69) is 0 Å². The van der Waals surface area contributed by atoms with E-state index in [4.69, 9.17) is 0 Å². The average Bonchev–Trinajstić information content (AvgIpc) is 2.35. The van der Waals surface area contributed by atoms with Gasteiger partial charge in [-0.1, -0.05) is 26.0 Å². The molecule has 2 atom stereocenters. The summed E-state index contributed by atoms with van der Waals surface area (Å²) < 4.78 is 0. The van der Waals surface area contributed by atoms with E-state index < -0.39 is 22.3 Å². The normalized spacial score (nSPS) is 24.6. The number of nitro benzene ring substituents is 1. The topological polar surface area (TPSA) is 103 Å². The Morgan fingerprint density at radius 3 is 2.19 bits per heavy atom. The molecule has 7 nitrogen and oxygen atoms in total.